The van der Waals surface area contributed by atoms with Crippen LogP contribution in [0, 0.1) is 11.7 Å². The van der Waals surface area contributed by atoms with E-state index in [0.717, 1.165) is 0 Å². The number of amides is 3. The van der Waals surface area contributed by atoms with Crippen molar-refractivity contribution in [3.8, 4) is 0 Å². The average Bonchev–Trinajstić information content (AvgIpc) is 2.58. The van der Waals surface area contributed by atoms with Gasteiger partial charge in [0.05, 0.1) is 0 Å². The molecule has 0 radical (unpaired) electrons. The predicted octanol–water partition coefficient (Wildman–Crippen LogP) is 3.29. The first-order chi connectivity index (χ1) is 12.0. The lowest BCUT2D eigenvalue weighted by atomic mass is 10.0. The number of urea groups is 1. The van der Waals surface area contributed by atoms with Gasteiger partial charge in [0.15, 0.2) is 0 Å². The smallest absolute Gasteiger partial charge is 0.319 e. The normalized spacial score (nSPS) is 11.7. The molecule has 2 aromatic carbocycles. The highest BCUT2D eigenvalue weighted by Crippen LogP contribution is 2.08. The Labute approximate surface area is 146 Å². The molecule has 0 bridgehead atoms. The summed E-state index contributed by atoms with van der Waals surface area (Å²) in [5.74, 6) is -0.774. The van der Waals surface area contributed by atoms with Gasteiger partial charge in [-0.2, -0.15) is 0 Å². The van der Waals surface area contributed by atoms with Crippen molar-refractivity contribution in [1.29, 1.82) is 0 Å². The van der Waals surface area contributed by atoms with Gasteiger partial charge in [-0.25, -0.2) is 9.18 Å². The Morgan fingerprint density at radius 2 is 1.76 bits per heavy atom. The molecule has 1 atom stereocenters. The molecule has 2 aromatic rings. The lowest BCUT2D eigenvalue weighted by molar-refractivity contribution is -0.124. The van der Waals surface area contributed by atoms with E-state index in [9.17, 15) is 14.0 Å². The molecule has 0 heterocycles. The molecule has 6 heteroatoms. The first-order valence-corrected chi connectivity index (χ1v) is 8.10. The minimum absolute atomic E-state index is 0.103. The van der Waals surface area contributed by atoms with Gasteiger partial charge in [-0.3, -0.25) is 4.79 Å². The Balaban J connectivity index is 1.92. The van der Waals surface area contributed by atoms with Crippen molar-refractivity contribution in [1.82, 2.24) is 10.6 Å². The number of carbonyl (C=O) groups is 2. The SMILES string of the molecule is CC(C)C(NC(=O)Nc1ccccc1)C(=O)NCc1cccc(F)c1. The van der Waals surface area contributed by atoms with Crippen LogP contribution in [0.3, 0.4) is 0 Å². The topological polar surface area (TPSA) is 70.2 Å². The monoisotopic (exact) mass is 343 g/mol. The second-order valence-corrected chi connectivity index (χ2v) is 6.03. The number of carbonyl (C=O) groups excluding carboxylic acids is 2. The summed E-state index contributed by atoms with van der Waals surface area (Å²) < 4.78 is 13.2. The van der Waals surface area contributed by atoms with Gasteiger partial charge in [0.25, 0.3) is 0 Å². The minimum atomic E-state index is -0.697. The van der Waals surface area contributed by atoms with Crippen LogP contribution < -0.4 is 16.0 Å². The summed E-state index contributed by atoms with van der Waals surface area (Å²) in [5, 5.41) is 8.09. The fourth-order valence-electron chi connectivity index (χ4n) is 2.31. The van der Waals surface area contributed by atoms with E-state index in [1.807, 2.05) is 19.9 Å². The molecule has 1 unspecified atom stereocenters. The third-order valence-electron chi connectivity index (χ3n) is 3.62. The molecule has 3 amide bonds. The van der Waals surface area contributed by atoms with Crippen LogP contribution in [0.15, 0.2) is 54.6 Å². The molecular formula is C19H22FN3O2. The van der Waals surface area contributed by atoms with E-state index in [-0.39, 0.29) is 24.2 Å². The summed E-state index contributed by atoms with van der Waals surface area (Å²) in [6, 6.07) is 13.8. The van der Waals surface area contributed by atoms with Gasteiger partial charge in [0.2, 0.25) is 5.91 Å². The van der Waals surface area contributed by atoms with E-state index in [1.165, 1.54) is 12.1 Å². The maximum absolute atomic E-state index is 13.2. The predicted molar refractivity (Wildman–Crippen MR) is 95.5 cm³/mol. The highest BCUT2D eigenvalue weighted by atomic mass is 19.1. The van der Waals surface area contributed by atoms with E-state index in [0.29, 0.717) is 11.3 Å². The van der Waals surface area contributed by atoms with Crippen LogP contribution >= 0.6 is 0 Å². The molecule has 0 saturated heterocycles. The second-order valence-electron chi connectivity index (χ2n) is 6.03. The Morgan fingerprint density at radius 1 is 1.04 bits per heavy atom. The number of halogens is 1. The number of anilines is 1. The Bertz CT molecular complexity index is 720. The molecule has 0 aliphatic rings. The fourth-order valence-corrected chi connectivity index (χ4v) is 2.31. The van der Waals surface area contributed by atoms with Crippen LogP contribution in [-0.2, 0) is 11.3 Å². The van der Waals surface area contributed by atoms with E-state index in [1.54, 1.807) is 36.4 Å². The van der Waals surface area contributed by atoms with Crippen LogP contribution in [0.1, 0.15) is 19.4 Å². The van der Waals surface area contributed by atoms with E-state index < -0.39 is 12.1 Å². The number of benzene rings is 2. The van der Waals surface area contributed by atoms with Crippen molar-refractivity contribution in [3.63, 3.8) is 0 Å². The summed E-state index contributed by atoms with van der Waals surface area (Å²) in [7, 11) is 0. The van der Waals surface area contributed by atoms with Crippen molar-refractivity contribution in [3.05, 3.63) is 66.0 Å². The highest BCUT2D eigenvalue weighted by Gasteiger charge is 2.24. The molecule has 0 fully saturated rings. The van der Waals surface area contributed by atoms with Crippen molar-refractivity contribution < 1.29 is 14.0 Å². The zero-order valence-corrected chi connectivity index (χ0v) is 14.3. The molecule has 0 spiro atoms. The fraction of sp³-hybridized carbons (Fsp3) is 0.263. The Morgan fingerprint density at radius 3 is 2.40 bits per heavy atom. The third-order valence-corrected chi connectivity index (χ3v) is 3.62. The molecule has 25 heavy (non-hydrogen) atoms. The quantitative estimate of drug-likeness (QED) is 0.753. The summed E-state index contributed by atoms with van der Waals surface area (Å²) in [5.41, 5.74) is 1.30. The average molecular weight is 343 g/mol. The number of nitrogens with one attached hydrogen (secondary N) is 3. The van der Waals surface area contributed by atoms with Crippen molar-refractivity contribution in [2.75, 3.05) is 5.32 Å². The van der Waals surface area contributed by atoms with Gasteiger partial charge in [0, 0.05) is 12.2 Å². The molecule has 132 valence electrons. The van der Waals surface area contributed by atoms with Crippen LogP contribution in [0.25, 0.3) is 0 Å². The van der Waals surface area contributed by atoms with Gasteiger partial charge < -0.3 is 16.0 Å². The molecule has 5 nitrogen and oxygen atoms in total. The molecule has 0 saturated carbocycles. The molecule has 3 N–H and O–H groups in total. The van der Waals surface area contributed by atoms with Crippen molar-refractivity contribution in [2.24, 2.45) is 5.92 Å². The van der Waals surface area contributed by atoms with Gasteiger partial charge >= 0.3 is 6.03 Å². The highest BCUT2D eigenvalue weighted by molar-refractivity contribution is 5.93. The molecule has 2 rings (SSSR count). The number of hydrogen-bond acceptors (Lipinski definition) is 2. The molecule has 0 aliphatic carbocycles. The van der Waals surface area contributed by atoms with Gasteiger partial charge in [-0.05, 0) is 35.7 Å². The zero-order valence-electron chi connectivity index (χ0n) is 14.3. The number of rotatable bonds is 6. The maximum Gasteiger partial charge on any atom is 0.319 e. The lowest BCUT2D eigenvalue weighted by Crippen LogP contribution is -2.50. The first kappa shape index (κ1) is 18.4. The zero-order chi connectivity index (χ0) is 18.2. The van der Waals surface area contributed by atoms with Crippen LogP contribution in [0.2, 0.25) is 0 Å². The summed E-state index contributed by atoms with van der Waals surface area (Å²) in [4.78, 5) is 24.5. The third kappa shape index (κ3) is 5.91. The number of hydrogen-bond donors (Lipinski definition) is 3. The van der Waals surface area contributed by atoms with Gasteiger partial charge in [-0.1, -0.05) is 44.2 Å². The summed E-state index contributed by atoms with van der Waals surface area (Å²) in [6.07, 6.45) is 0. The Kier molecular flexibility index (Phi) is 6.51. The maximum atomic E-state index is 13.2. The lowest BCUT2D eigenvalue weighted by Gasteiger charge is -2.22. The minimum Gasteiger partial charge on any atom is -0.350 e. The van der Waals surface area contributed by atoms with E-state index in [4.69, 9.17) is 0 Å². The first-order valence-electron chi connectivity index (χ1n) is 8.10. The summed E-state index contributed by atoms with van der Waals surface area (Å²) >= 11 is 0. The summed E-state index contributed by atoms with van der Waals surface area (Å²) in [6.45, 7) is 3.88. The second kappa shape index (κ2) is 8.82. The van der Waals surface area contributed by atoms with Crippen molar-refractivity contribution in [2.45, 2.75) is 26.4 Å². The van der Waals surface area contributed by atoms with E-state index >= 15 is 0 Å². The van der Waals surface area contributed by atoms with Crippen LogP contribution in [0.4, 0.5) is 14.9 Å². The molecule has 0 aromatic heterocycles. The number of para-hydroxylation sites is 1. The molecular weight excluding hydrogens is 321 g/mol. The van der Waals surface area contributed by atoms with Gasteiger partial charge in [-0.15, -0.1) is 0 Å². The largest absolute Gasteiger partial charge is 0.350 e. The van der Waals surface area contributed by atoms with E-state index in [2.05, 4.69) is 16.0 Å². The molecule has 0 aliphatic heterocycles. The Hall–Kier alpha value is -2.89. The van der Waals surface area contributed by atoms with Gasteiger partial charge in [0.1, 0.15) is 11.9 Å². The standard InChI is InChI=1S/C19H22FN3O2/c1-13(2)17(23-19(25)22-16-9-4-3-5-10-16)18(24)21-12-14-7-6-8-15(20)11-14/h3-11,13,17H,12H2,1-2H3,(H,21,24)(H2,22,23,25). The van der Waals surface area contributed by atoms with Crippen LogP contribution in [-0.4, -0.2) is 18.0 Å². The van der Waals surface area contributed by atoms with Crippen LogP contribution in [0.5, 0.6) is 0 Å². The van der Waals surface area contributed by atoms with Crippen molar-refractivity contribution >= 4 is 17.6 Å².